The van der Waals surface area contributed by atoms with Gasteiger partial charge in [0.1, 0.15) is 11.3 Å². The van der Waals surface area contributed by atoms with Crippen LogP contribution in [-0.4, -0.2) is 67.8 Å². The molecule has 2 aromatic carbocycles. The highest BCUT2D eigenvalue weighted by atomic mass is 19.1. The maximum absolute atomic E-state index is 14.3. The van der Waals surface area contributed by atoms with E-state index in [9.17, 15) is 4.39 Å². The number of hydrogen-bond donors (Lipinski definition) is 2. The molecule has 1 aliphatic rings. The van der Waals surface area contributed by atoms with Crippen LogP contribution in [0.2, 0.25) is 0 Å². The average molecular weight is 467 g/mol. The summed E-state index contributed by atoms with van der Waals surface area (Å²) >= 11 is 0. The minimum atomic E-state index is -0.113. The second-order valence-electron chi connectivity index (χ2n) is 9.90. The monoisotopic (exact) mass is 466 g/mol. The van der Waals surface area contributed by atoms with Crippen molar-refractivity contribution in [2.24, 2.45) is 0 Å². The molecule has 0 atom stereocenters. The highest BCUT2D eigenvalue weighted by Crippen LogP contribution is 2.31. The van der Waals surface area contributed by atoms with Crippen LogP contribution in [0.25, 0.3) is 11.0 Å². The molecule has 3 aromatic rings. The number of imidazole rings is 1. The van der Waals surface area contributed by atoms with Gasteiger partial charge < -0.3 is 25.0 Å². The van der Waals surface area contributed by atoms with Crippen molar-refractivity contribution < 1.29 is 4.39 Å². The Balaban J connectivity index is 1.71. The number of aryl methyl sites for hydroxylation is 3. The molecule has 6 nitrogen and oxygen atoms in total. The molecule has 34 heavy (non-hydrogen) atoms. The topological polar surface area (TPSA) is 48.4 Å². The normalized spacial score (nSPS) is 14.4. The molecule has 0 bridgehead atoms. The van der Waals surface area contributed by atoms with Crippen LogP contribution in [0, 0.1) is 26.6 Å². The van der Waals surface area contributed by atoms with Crippen LogP contribution in [0.15, 0.2) is 24.3 Å². The first kappa shape index (κ1) is 24.5. The van der Waals surface area contributed by atoms with Crippen molar-refractivity contribution >= 4 is 22.7 Å². The van der Waals surface area contributed by atoms with E-state index in [1.165, 1.54) is 12.0 Å². The maximum Gasteiger partial charge on any atom is 0.207 e. The van der Waals surface area contributed by atoms with Crippen molar-refractivity contribution in [1.29, 1.82) is 0 Å². The lowest BCUT2D eigenvalue weighted by Gasteiger charge is -2.29. The zero-order valence-corrected chi connectivity index (χ0v) is 21.3. The van der Waals surface area contributed by atoms with Crippen molar-refractivity contribution in [2.45, 2.75) is 40.2 Å². The van der Waals surface area contributed by atoms with Crippen molar-refractivity contribution in [3.63, 3.8) is 0 Å². The summed E-state index contributed by atoms with van der Waals surface area (Å²) in [5.41, 5.74) is 6.95. The highest BCUT2D eigenvalue weighted by molar-refractivity contribution is 5.91. The smallest absolute Gasteiger partial charge is 0.207 e. The summed E-state index contributed by atoms with van der Waals surface area (Å²) in [6.45, 7) is 12.3. The number of piperazine rings is 1. The Labute approximate surface area is 203 Å². The van der Waals surface area contributed by atoms with Gasteiger partial charge in [0.15, 0.2) is 0 Å². The third-order valence-electron chi connectivity index (χ3n) is 6.56. The minimum Gasteiger partial charge on any atom is -0.383 e. The Hall–Kier alpha value is -2.64. The van der Waals surface area contributed by atoms with Gasteiger partial charge in [-0.1, -0.05) is 12.1 Å². The van der Waals surface area contributed by atoms with E-state index < -0.39 is 0 Å². The third kappa shape index (κ3) is 5.53. The van der Waals surface area contributed by atoms with E-state index in [1.807, 2.05) is 26.0 Å². The third-order valence-corrected chi connectivity index (χ3v) is 6.56. The number of rotatable bonds is 9. The summed E-state index contributed by atoms with van der Waals surface area (Å²) < 4.78 is 16.6. The molecule has 1 saturated heterocycles. The fourth-order valence-corrected chi connectivity index (χ4v) is 4.83. The number of unbranched alkanes of at least 4 members (excludes halogenated alkanes) is 1. The van der Waals surface area contributed by atoms with E-state index >= 15 is 0 Å². The maximum atomic E-state index is 14.3. The van der Waals surface area contributed by atoms with E-state index in [0.717, 1.165) is 73.9 Å². The van der Waals surface area contributed by atoms with Crippen LogP contribution in [0.3, 0.4) is 0 Å². The van der Waals surface area contributed by atoms with Gasteiger partial charge in [0, 0.05) is 32.7 Å². The van der Waals surface area contributed by atoms with Gasteiger partial charge in [0.25, 0.3) is 0 Å². The lowest BCUT2D eigenvalue weighted by Crippen LogP contribution is -2.44. The predicted octanol–water partition coefficient (Wildman–Crippen LogP) is 4.31. The molecular weight excluding hydrogens is 427 g/mol. The number of nitrogens with zero attached hydrogens (tertiary/aromatic N) is 4. The minimum absolute atomic E-state index is 0.113. The Kier molecular flexibility index (Phi) is 7.73. The molecule has 2 N–H and O–H groups in total. The molecule has 0 spiro atoms. The predicted molar refractivity (Wildman–Crippen MR) is 141 cm³/mol. The zero-order valence-electron chi connectivity index (χ0n) is 21.3. The molecule has 184 valence electrons. The Bertz CT molecular complexity index is 1110. The number of halogens is 1. The first-order chi connectivity index (χ1) is 16.3. The first-order valence-corrected chi connectivity index (χ1v) is 12.4. The van der Waals surface area contributed by atoms with Crippen LogP contribution < -0.4 is 15.5 Å². The number of nitrogens with one attached hydrogen (secondary N) is 2. The number of anilines is 2. The van der Waals surface area contributed by atoms with E-state index in [1.54, 1.807) is 0 Å². The Morgan fingerprint density at radius 3 is 2.41 bits per heavy atom. The van der Waals surface area contributed by atoms with Gasteiger partial charge in [-0.15, -0.1) is 0 Å². The molecular formula is C27H39FN6. The molecule has 0 aliphatic carbocycles. The molecule has 0 amide bonds. The average Bonchev–Trinajstić information content (AvgIpc) is 3.15. The SMILES string of the molecule is Cc1cc(NCCCCN(C)C)c2nc(N3CCNCC3)n(Cc3cc(C)c(F)c(C)c3)c2c1. The number of aromatic nitrogens is 2. The zero-order chi connectivity index (χ0) is 24.2. The van der Waals surface area contributed by atoms with E-state index in [0.29, 0.717) is 17.7 Å². The molecule has 1 aliphatic heterocycles. The molecule has 4 rings (SSSR count). The fraction of sp³-hybridized carbons (Fsp3) is 0.519. The number of fused-ring (bicyclic) bond motifs is 1. The Morgan fingerprint density at radius 1 is 1.03 bits per heavy atom. The van der Waals surface area contributed by atoms with Crippen LogP contribution in [0.1, 0.15) is 35.1 Å². The molecule has 1 fully saturated rings. The second-order valence-corrected chi connectivity index (χ2v) is 9.90. The second kappa shape index (κ2) is 10.7. The van der Waals surface area contributed by atoms with Gasteiger partial charge in [-0.25, -0.2) is 9.37 Å². The highest BCUT2D eigenvalue weighted by Gasteiger charge is 2.21. The summed E-state index contributed by atoms with van der Waals surface area (Å²) in [6.07, 6.45) is 2.28. The van der Waals surface area contributed by atoms with Crippen molar-refractivity contribution in [2.75, 3.05) is 63.6 Å². The summed E-state index contributed by atoms with van der Waals surface area (Å²) in [5, 5.41) is 7.10. The fourth-order valence-electron chi connectivity index (χ4n) is 4.83. The summed E-state index contributed by atoms with van der Waals surface area (Å²) in [4.78, 5) is 9.78. The van der Waals surface area contributed by atoms with Gasteiger partial charge >= 0.3 is 0 Å². The number of hydrogen-bond acceptors (Lipinski definition) is 5. The quantitative estimate of drug-likeness (QED) is 0.460. The van der Waals surface area contributed by atoms with E-state index in [-0.39, 0.29) is 5.82 Å². The van der Waals surface area contributed by atoms with Gasteiger partial charge in [-0.2, -0.15) is 0 Å². The van der Waals surface area contributed by atoms with Crippen molar-refractivity contribution in [1.82, 2.24) is 19.8 Å². The lowest BCUT2D eigenvalue weighted by atomic mass is 10.1. The standard InChI is InChI=1S/C27H39FN6/c1-19-14-23(30-8-6-7-11-32(4)5)26-24(15-19)34(27(31-26)33-12-9-29-10-13-33)18-22-16-20(2)25(28)21(3)17-22/h14-17,29-30H,6-13,18H2,1-5H3. The van der Waals surface area contributed by atoms with Crippen molar-refractivity contribution in [3.8, 4) is 0 Å². The molecule has 2 heterocycles. The Morgan fingerprint density at radius 2 is 1.74 bits per heavy atom. The molecule has 7 heteroatoms. The van der Waals surface area contributed by atoms with Crippen molar-refractivity contribution in [3.05, 3.63) is 52.3 Å². The molecule has 0 saturated carbocycles. The van der Waals surface area contributed by atoms with Crippen LogP contribution in [-0.2, 0) is 6.54 Å². The van der Waals surface area contributed by atoms with Crippen LogP contribution >= 0.6 is 0 Å². The number of benzene rings is 2. The summed E-state index contributed by atoms with van der Waals surface area (Å²) in [6, 6.07) is 8.37. The van der Waals surface area contributed by atoms with Crippen LogP contribution in [0.4, 0.5) is 16.0 Å². The largest absolute Gasteiger partial charge is 0.383 e. The first-order valence-electron chi connectivity index (χ1n) is 12.4. The van der Waals surface area contributed by atoms with Gasteiger partial charge in [-0.05, 0) is 88.6 Å². The van der Waals surface area contributed by atoms with E-state index in [4.69, 9.17) is 4.98 Å². The van der Waals surface area contributed by atoms with Gasteiger partial charge in [0.05, 0.1) is 17.7 Å². The summed E-state index contributed by atoms with van der Waals surface area (Å²) in [7, 11) is 4.23. The van der Waals surface area contributed by atoms with E-state index in [2.05, 4.69) is 58.2 Å². The van der Waals surface area contributed by atoms with Crippen LogP contribution in [0.5, 0.6) is 0 Å². The molecule has 0 radical (unpaired) electrons. The molecule has 1 aromatic heterocycles. The van der Waals surface area contributed by atoms with Gasteiger partial charge in [-0.3, -0.25) is 0 Å². The molecule has 0 unspecified atom stereocenters. The summed E-state index contributed by atoms with van der Waals surface area (Å²) in [5.74, 6) is 0.885. The lowest BCUT2D eigenvalue weighted by molar-refractivity contribution is 0.396. The van der Waals surface area contributed by atoms with Gasteiger partial charge in [0.2, 0.25) is 5.95 Å².